The van der Waals surface area contributed by atoms with Gasteiger partial charge < -0.3 is 0 Å². The van der Waals surface area contributed by atoms with E-state index in [4.69, 9.17) is 0 Å². The second kappa shape index (κ2) is 13.3. The molecule has 1 aromatic carbocycles. The van der Waals surface area contributed by atoms with Crippen LogP contribution in [0.3, 0.4) is 0 Å². The number of para-hydroxylation sites is 1. The van der Waals surface area contributed by atoms with Crippen LogP contribution >= 0.6 is 0 Å². The molecule has 5 heteroatoms. The van der Waals surface area contributed by atoms with Gasteiger partial charge in [-0.2, -0.15) is 0 Å². The molecule has 0 spiro atoms. The van der Waals surface area contributed by atoms with Crippen LogP contribution in [0, 0.1) is 10.1 Å². The Morgan fingerprint density at radius 2 is 1.56 bits per heavy atom. The van der Waals surface area contributed by atoms with Crippen molar-refractivity contribution in [3.8, 4) is 0 Å². The molecule has 1 unspecified atom stereocenters. The Bertz CT molecular complexity index is 567. The standard InChI is InChI=1S/C10H10NO3.3C4H9.Sn/c1-2-5-10(12)8-6-3-4-7-9(8)11(13)14;3*1-3-4-2;/h2-7,10,12H,1H2;3*1,3-4H2,2H3;/b5-2-;;;;. The Morgan fingerprint density at radius 3 is 2.04 bits per heavy atom. The van der Waals surface area contributed by atoms with Gasteiger partial charge in [0, 0.05) is 0 Å². The summed E-state index contributed by atoms with van der Waals surface area (Å²) in [6, 6.07) is 6.49. The summed E-state index contributed by atoms with van der Waals surface area (Å²) in [5.41, 5.74) is 0.377. The van der Waals surface area contributed by atoms with E-state index < -0.39 is 29.4 Å². The summed E-state index contributed by atoms with van der Waals surface area (Å²) in [6.07, 6.45) is 10.8. The van der Waals surface area contributed by atoms with Gasteiger partial charge in [-0.15, -0.1) is 0 Å². The predicted molar refractivity (Wildman–Crippen MR) is 117 cm³/mol. The number of hydrogen-bond donors (Lipinski definition) is 1. The van der Waals surface area contributed by atoms with Crippen LogP contribution in [0.15, 0.2) is 36.4 Å². The first-order valence-corrected chi connectivity index (χ1v) is 18.6. The first-order chi connectivity index (χ1) is 13.0. The van der Waals surface area contributed by atoms with Gasteiger partial charge in [0.15, 0.2) is 0 Å². The summed E-state index contributed by atoms with van der Waals surface area (Å²) in [4.78, 5) is 10.8. The summed E-state index contributed by atoms with van der Waals surface area (Å²) in [7, 11) is 0. The second-order valence-electron chi connectivity index (χ2n) is 7.70. The van der Waals surface area contributed by atoms with Crippen molar-refractivity contribution in [2.24, 2.45) is 0 Å². The summed E-state index contributed by atoms with van der Waals surface area (Å²) in [5, 5.41) is 21.7. The second-order valence-corrected chi connectivity index (χ2v) is 21.7. The van der Waals surface area contributed by atoms with Crippen LogP contribution in [0.1, 0.15) is 71.0 Å². The third kappa shape index (κ3) is 8.34. The molecule has 1 atom stereocenters. The van der Waals surface area contributed by atoms with E-state index in [1.54, 1.807) is 24.3 Å². The number of benzene rings is 1. The number of hydrogen-bond acceptors (Lipinski definition) is 3. The topological polar surface area (TPSA) is 63.4 Å². The fourth-order valence-electron chi connectivity index (χ4n) is 3.79. The minimum absolute atomic E-state index is 0.00706. The zero-order valence-electron chi connectivity index (χ0n) is 17.3. The third-order valence-corrected chi connectivity index (χ3v) is 20.8. The number of unbranched alkanes of at least 4 members (excludes halogenated alkanes) is 3. The average molecular weight is 482 g/mol. The average Bonchev–Trinajstić information content (AvgIpc) is 2.68. The number of rotatable bonds is 14. The van der Waals surface area contributed by atoms with E-state index in [1.807, 2.05) is 0 Å². The number of aliphatic hydroxyl groups is 1. The molecule has 0 aliphatic heterocycles. The fourth-order valence-corrected chi connectivity index (χ4v) is 18.9. The monoisotopic (exact) mass is 483 g/mol. The van der Waals surface area contributed by atoms with E-state index in [9.17, 15) is 15.2 Å². The number of nitro groups is 1. The van der Waals surface area contributed by atoms with Crippen LogP contribution in [0.25, 0.3) is 0 Å². The molecule has 1 aromatic rings. The van der Waals surface area contributed by atoms with Crippen LogP contribution in [-0.4, -0.2) is 28.4 Å². The van der Waals surface area contributed by atoms with Crippen molar-refractivity contribution in [3.63, 3.8) is 0 Å². The molecule has 0 aliphatic rings. The van der Waals surface area contributed by atoms with E-state index in [-0.39, 0.29) is 5.69 Å². The first kappa shape index (κ1) is 24.2. The van der Waals surface area contributed by atoms with E-state index in [2.05, 4.69) is 26.8 Å². The van der Waals surface area contributed by atoms with Crippen LogP contribution in [0.4, 0.5) is 5.69 Å². The van der Waals surface area contributed by atoms with Gasteiger partial charge in [-0.05, 0) is 0 Å². The number of nitrogens with zero attached hydrogens (tertiary/aromatic N) is 1. The van der Waals surface area contributed by atoms with Crippen molar-refractivity contribution in [2.75, 3.05) is 0 Å². The first-order valence-electron chi connectivity index (χ1n) is 10.6. The van der Waals surface area contributed by atoms with E-state index in [0.29, 0.717) is 5.56 Å². The van der Waals surface area contributed by atoms with Gasteiger partial charge in [0.05, 0.1) is 0 Å². The van der Waals surface area contributed by atoms with E-state index in [1.165, 1.54) is 57.9 Å². The van der Waals surface area contributed by atoms with Crippen molar-refractivity contribution in [2.45, 2.75) is 83.1 Å². The Morgan fingerprint density at radius 1 is 1.04 bits per heavy atom. The number of aliphatic hydroxyl groups excluding tert-OH is 1. The van der Waals surface area contributed by atoms with Gasteiger partial charge in [0.1, 0.15) is 0 Å². The molecule has 152 valence electrons. The Kier molecular flexibility index (Phi) is 11.9. The molecule has 27 heavy (non-hydrogen) atoms. The van der Waals surface area contributed by atoms with Gasteiger partial charge in [0.2, 0.25) is 0 Å². The summed E-state index contributed by atoms with van der Waals surface area (Å²) >= 11 is -2.26. The van der Waals surface area contributed by atoms with Crippen molar-refractivity contribution >= 4 is 24.1 Å². The van der Waals surface area contributed by atoms with Gasteiger partial charge in [0.25, 0.3) is 0 Å². The Balaban J connectivity index is 2.92. The maximum absolute atomic E-state index is 11.2. The minimum atomic E-state index is -2.26. The normalized spacial score (nSPS) is 13.2. The van der Waals surface area contributed by atoms with Gasteiger partial charge >= 0.3 is 169 Å². The molecule has 0 heterocycles. The number of allylic oxidation sites excluding steroid dienone is 1. The SMILES string of the molecule is CCC[CH2][Sn]([CH2]/C=C\C(O)c1ccccc1[N+](=O)[O-])([CH2]CCC)[CH2]CCC. The van der Waals surface area contributed by atoms with Crippen LogP contribution in [-0.2, 0) is 0 Å². The van der Waals surface area contributed by atoms with Crippen molar-refractivity contribution < 1.29 is 10.0 Å². The Hall–Kier alpha value is -0.881. The zero-order chi connectivity index (χ0) is 20.1. The summed E-state index contributed by atoms with van der Waals surface area (Å²) in [6.45, 7) is 6.80. The van der Waals surface area contributed by atoms with Crippen LogP contribution in [0.5, 0.6) is 0 Å². The molecule has 0 aliphatic carbocycles. The van der Waals surface area contributed by atoms with Gasteiger partial charge in [-0.1, -0.05) is 0 Å². The predicted octanol–water partition coefficient (Wildman–Crippen LogP) is 7.03. The van der Waals surface area contributed by atoms with E-state index in [0.717, 1.165) is 4.44 Å². The van der Waals surface area contributed by atoms with Crippen LogP contribution < -0.4 is 0 Å². The summed E-state index contributed by atoms with van der Waals surface area (Å²) in [5.74, 6) is 0. The summed E-state index contributed by atoms with van der Waals surface area (Å²) < 4.78 is 5.43. The van der Waals surface area contributed by atoms with Crippen LogP contribution in [0.2, 0.25) is 17.7 Å². The van der Waals surface area contributed by atoms with Gasteiger partial charge in [-0.3, -0.25) is 0 Å². The van der Waals surface area contributed by atoms with Crippen molar-refractivity contribution in [1.82, 2.24) is 0 Å². The molecule has 0 bridgehead atoms. The molecule has 0 radical (unpaired) electrons. The van der Waals surface area contributed by atoms with E-state index >= 15 is 0 Å². The molecule has 1 N–H and O–H groups in total. The fraction of sp³-hybridized carbons (Fsp3) is 0.636. The van der Waals surface area contributed by atoms with Crippen molar-refractivity contribution in [1.29, 1.82) is 0 Å². The molecule has 4 nitrogen and oxygen atoms in total. The molecular weight excluding hydrogens is 445 g/mol. The molecule has 1 rings (SSSR count). The van der Waals surface area contributed by atoms with Crippen molar-refractivity contribution in [3.05, 3.63) is 52.1 Å². The third-order valence-electron chi connectivity index (χ3n) is 5.50. The zero-order valence-corrected chi connectivity index (χ0v) is 20.2. The molecule has 0 amide bonds. The quantitative estimate of drug-likeness (QED) is 0.134. The molecule has 0 saturated carbocycles. The molecule has 0 saturated heterocycles. The molecular formula is C22H37NO3Sn. The number of nitro benzene ring substituents is 1. The van der Waals surface area contributed by atoms with Gasteiger partial charge in [-0.25, -0.2) is 0 Å². The maximum atomic E-state index is 11.2. The molecule has 0 fully saturated rings. The Labute approximate surface area is 169 Å². The molecule has 0 aromatic heterocycles.